The third kappa shape index (κ3) is 6.13. The third-order valence-electron chi connectivity index (χ3n) is 5.31. The minimum atomic E-state index is -3.65. The number of carbonyl (C=O) groups excluding carboxylic acids is 1. The lowest BCUT2D eigenvalue weighted by Crippen LogP contribution is -2.40. The number of hydrogen-bond acceptors (Lipinski definition) is 5. The first kappa shape index (κ1) is 23.4. The molecule has 0 aromatic heterocycles. The summed E-state index contributed by atoms with van der Waals surface area (Å²) >= 11 is 0. The van der Waals surface area contributed by atoms with Gasteiger partial charge in [-0.05, 0) is 43.5 Å². The number of benzene rings is 2. The molecule has 2 aromatic rings. The van der Waals surface area contributed by atoms with E-state index in [0.29, 0.717) is 51.4 Å². The van der Waals surface area contributed by atoms with E-state index in [2.05, 4.69) is 5.32 Å². The van der Waals surface area contributed by atoms with Gasteiger partial charge in [-0.3, -0.25) is 4.79 Å². The van der Waals surface area contributed by atoms with Gasteiger partial charge in [0.25, 0.3) is 5.91 Å². The minimum absolute atomic E-state index is 0.0128. The lowest BCUT2D eigenvalue weighted by molar-refractivity contribution is 0.0635. The second-order valence-corrected chi connectivity index (χ2v) is 9.46. The molecule has 0 spiro atoms. The van der Waals surface area contributed by atoms with Crippen LogP contribution in [0.5, 0.6) is 0 Å². The summed E-state index contributed by atoms with van der Waals surface area (Å²) in [5, 5.41) is 2.86. The number of carbonyl (C=O) groups is 1. The van der Waals surface area contributed by atoms with Crippen LogP contribution >= 0.6 is 0 Å². The molecule has 0 saturated carbocycles. The van der Waals surface area contributed by atoms with Crippen LogP contribution in [0.4, 0.5) is 0 Å². The molecule has 0 bridgehead atoms. The van der Waals surface area contributed by atoms with Crippen molar-refractivity contribution in [1.29, 1.82) is 0 Å². The van der Waals surface area contributed by atoms with E-state index in [1.165, 1.54) is 10.4 Å². The first-order valence-corrected chi connectivity index (χ1v) is 12.0. The summed E-state index contributed by atoms with van der Waals surface area (Å²) < 4.78 is 38.2. The molecule has 2 aromatic carbocycles. The molecule has 1 aliphatic heterocycles. The van der Waals surface area contributed by atoms with E-state index >= 15 is 0 Å². The van der Waals surface area contributed by atoms with Crippen molar-refractivity contribution in [3.05, 3.63) is 65.2 Å². The Balaban J connectivity index is 1.53. The average molecular weight is 447 g/mol. The first-order valence-electron chi connectivity index (χ1n) is 10.5. The van der Waals surface area contributed by atoms with Crippen molar-refractivity contribution in [2.24, 2.45) is 0 Å². The maximum absolute atomic E-state index is 12.9. The standard InChI is InChI=1S/C23H30N2O5S/c1-18-9-10-21(31(27,28)25-12-15-29-16-13-25)17-22(18)23(26)24-11-6-14-30-19(2)20-7-4-3-5-8-20/h3-5,7-10,17,19H,6,11-16H2,1-2H3,(H,24,26)/t19-/m0/s1. The summed E-state index contributed by atoms with van der Waals surface area (Å²) in [6.45, 7) is 6.15. The van der Waals surface area contributed by atoms with Gasteiger partial charge < -0.3 is 14.8 Å². The van der Waals surface area contributed by atoms with Gasteiger partial charge in [0.1, 0.15) is 0 Å². The van der Waals surface area contributed by atoms with Gasteiger partial charge in [-0.15, -0.1) is 0 Å². The van der Waals surface area contributed by atoms with Crippen LogP contribution in [0.25, 0.3) is 0 Å². The molecular weight excluding hydrogens is 416 g/mol. The number of rotatable bonds is 9. The molecule has 1 atom stereocenters. The fourth-order valence-corrected chi connectivity index (χ4v) is 4.83. The number of hydrogen-bond donors (Lipinski definition) is 1. The molecule has 0 unspecified atom stereocenters. The normalized spacial score (nSPS) is 16.1. The fourth-order valence-electron chi connectivity index (χ4n) is 3.39. The van der Waals surface area contributed by atoms with Crippen LogP contribution in [-0.2, 0) is 19.5 Å². The van der Waals surface area contributed by atoms with Crippen molar-refractivity contribution in [3.8, 4) is 0 Å². The van der Waals surface area contributed by atoms with Crippen LogP contribution in [0.3, 0.4) is 0 Å². The highest BCUT2D eigenvalue weighted by Gasteiger charge is 2.27. The number of aryl methyl sites for hydroxylation is 1. The number of nitrogens with one attached hydrogen (secondary N) is 1. The Morgan fingerprint density at radius 2 is 1.87 bits per heavy atom. The molecule has 31 heavy (non-hydrogen) atoms. The molecule has 3 rings (SSSR count). The van der Waals surface area contributed by atoms with Crippen molar-refractivity contribution in [1.82, 2.24) is 9.62 Å². The van der Waals surface area contributed by atoms with Crippen LogP contribution < -0.4 is 5.32 Å². The summed E-state index contributed by atoms with van der Waals surface area (Å²) in [5.41, 5.74) is 2.21. The fraction of sp³-hybridized carbons (Fsp3) is 0.435. The number of amides is 1. The van der Waals surface area contributed by atoms with E-state index in [0.717, 1.165) is 11.1 Å². The van der Waals surface area contributed by atoms with Gasteiger partial charge in [0.2, 0.25) is 10.0 Å². The van der Waals surface area contributed by atoms with Gasteiger partial charge >= 0.3 is 0 Å². The summed E-state index contributed by atoms with van der Waals surface area (Å²) in [5.74, 6) is -0.285. The molecule has 1 heterocycles. The summed E-state index contributed by atoms with van der Waals surface area (Å²) in [7, 11) is -3.65. The Kier molecular flexibility index (Phi) is 8.20. The lowest BCUT2D eigenvalue weighted by Gasteiger charge is -2.26. The highest BCUT2D eigenvalue weighted by Crippen LogP contribution is 2.21. The van der Waals surface area contributed by atoms with Gasteiger partial charge in [0, 0.05) is 31.8 Å². The Bertz CT molecular complexity index is 973. The predicted octanol–water partition coefficient (Wildman–Crippen LogP) is 2.91. The van der Waals surface area contributed by atoms with Crippen molar-refractivity contribution >= 4 is 15.9 Å². The third-order valence-corrected chi connectivity index (χ3v) is 7.20. The van der Waals surface area contributed by atoms with E-state index in [1.807, 2.05) is 37.3 Å². The smallest absolute Gasteiger partial charge is 0.251 e. The van der Waals surface area contributed by atoms with Crippen LogP contribution in [0.2, 0.25) is 0 Å². The van der Waals surface area contributed by atoms with E-state index in [9.17, 15) is 13.2 Å². The van der Waals surface area contributed by atoms with Crippen LogP contribution in [0.1, 0.15) is 40.9 Å². The van der Waals surface area contributed by atoms with Crippen LogP contribution in [-0.4, -0.2) is 58.1 Å². The Labute approximate surface area is 184 Å². The van der Waals surface area contributed by atoms with Crippen molar-refractivity contribution in [2.45, 2.75) is 31.3 Å². The van der Waals surface area contributed by atoms with E-state index in [-0.39, 0.29) is 16.9 Å². The van der Waals surface area contributed by atoms with Crippen molar-refractivity contribution < 1.29 is 22.7 Å². The molecule has 168 valence electrons. The Hall–Kier alpha value is -2.26. The molecule has 1 saturated heterocycles. The van der Waals surface area contributed by atoms with Gasteiger partial charge in [0.05, 0.1) is 24.2 Å². The second-order valence-electron chi connectivity index (χ2n) is 7.53. The molecule has 7 nitrogen and oxygen atoms in total. The largest absolute Gasteiger partial charge is 0.379 e. The molecule has 0 aliphatic carbocycles. The highest BCUT2D eigenvalue weighted by molar-refractivity contribution is 7.89. The monoisotopic (exact) mass is 446 g/mol. The van der Waals surface area contributed by atoms with Crippen LogP contribution in [0, 0.1) is 6.92 Å². The SMILES string of the molecule is Cc1ccc(S(=O)(=O)N2CCOCC2)cc1C(=O)NCCCO[C@@H](C)c1ccccc1. The number of nitrogens with zero attached hydrogens (tertiary/aromatic N) is 1. The zero-order valence-corrected chi connectivity index (χ0v) is 18.9. The van der Waals surface area contributed by atoms with Gasteiger partial charge in [-0.2, -0.15) is 4.31 Å². The number of morpholine rings is 1. The Morgan fingerprint density at radius 3 is 2.58 bits per heavy atom. The predicted molar refractivity (Wildman–Crippen MR) is 119 cm³/mol. The van der Waals surface area contributed by atoms with Crippen molar-refractivity contribution in [3.63, 3.8) is 0 Å². The molecular formula is C23H30N2O5S. The Morgan fingerprint density at radius 1 is 1.16 bits per heavy atom. The quantitative estimate of drug-likeness (QED) is 0.599. The van der Waals surface area contributed by atoms with E-state index in [4.69, 9.17) is 9.47 Å². The molecule has 8 heteroatoms. The number of sulfonamides is 1. The highest BCUT2D eigenvalue weighted by atomic mass is 32.2. The summed E-state index contributed by atoms with van der Waals surface area (Å²) in [6, 6.07) is 14.7. The van der Waals surface area contributed by atoms with E-state index in [1.54, 1.807) is 19.1 Å². The van der Waals surface area contributed by atoms with Gasteiger partial charge in [0.15, 0.2) is 0 Å². The maximum Gasteiger partial charge on any atom is 0.251 e. The average Bonchev–Trinajstić information content (AvgIpc) is 2.80. The zero-order valence-electron chi connectivity index (χ0n) is 18.0. The topological polar surface area (TPSA) is 84.9 Å². The maximum atomic E-state index is 12.9. The summed E-state index contributed by atoms with van der Waals surface area (Å²) in [4.78, 5) is 12.8. The zero-order chi connectivity index (χ0) is 22.3. The van der Waals surface area contributed by atoms with Gasteiger partial charge in [-0.25, -0.2) is 8.42 Å². The first-order chi connectivity index (χ1) is 14.9. The molecule has 0 radical (unpaired) electrons. The molecule has 1 amide bonds. The lowest BCUT2D eigenvalue weighted by atomic mass is 10.1. The second kappa shape index (κ2) is 10.9. The molecule has 1 fully saturated rings. The van der Waals surface area contributed by atoms with Crippen molar-refractivity contribution in [2.75, 3.05) is 39.5 Å². The molecule has 1 N–H and O–H groups in total. The van der Waals surface area contributed by atoms with E-state index < -0.39 is 10.0 Å². The molecule has 1 aliphatic rings. The van der Waals surface area contributed by atoms with Crippen LogP contribution in [0.15, 0.2) is 53.4 Å². The summed E-state index contributed by atoms with van der Waals surface area (Å²) in [6.07, 6.45) is 0.648. The van der Waals surface area contributed by atoms with Gasteiger partial charge in [-0.1, -0.05) is 36.4 Å². The number of ether oxygens (including phenoxy) is 2. The minimum Gasteiger partial charge on any atom is -0.379 e.